The fourth-order valence-electron chi connectivity index (χ4n) is 3.20. The van der Waals surface area contributed by atoms with Crippen molar-refractivity contribution in [3.63, 3.8) is 0 Å². The van der Waals surface area contributed by atoms with Crippen molar-refractivity contribution in [3.8, 4) is 22.5 Å². The summed E-state index contributed by atoms with van der Waals surface area (Å²) in [5, 5.41) is 2.71. The molecule has 7 nitrogen and oxygen atoms in total. The zero-order valence-electron chi connectivity index (χ0n) is 17.3. The maximum absolute atomic E-state index is 12.9. The number of aromatic nitrogens is 5. The van der Waals surface area contributed by atoms with E-state index in [0.717, 1.165) is 17.8 Å². The van der Waals surface area contributed by atoms with Crippen LogP contribution in [-0.4, -0.2) is 30.8 Å². The van der Waals surface area contributed by atoms with Crippen LogP contribution in [0.1, 0.15) is 16.8 Å². The lowest BCUT2D eigenvalue weighted by molar-refractivity contribution is -0.141. The Morgan fingerprint density at radius 3 is 2.42 bits per heavy atom. The van der Waals surface area contributed by atoms with Crippen LogP contribution in [0.2, 0.25) is 0 Å². The van der Waals surface area contributed by atoms with Gasteiger partial charge in [0.25, 0.3) is 0 Å². The Morgan fingerprint density at radius 1 is 0.909 bits per heavy atom. The second-order valence-corrected chi connectivity index (χ2v) is 7.18. The molecule has 0 bridgehead atoms. The molecule has 0 aliphatic carbocycles. The first-order valence-corrected chi connectivity index (χ1v) is 9.81. The molecule has 0 unspecified atom stereocenters. The van der Waals surface area contributed by atoms with Gasteiger partial charge >= 0.3 is 6.18 Å². The van der Waals surface area contributed by atoms with E-state index in [1.165, 1.54) is 12.3 Å². The predicted octanol–water partition coefficient (Wildman–Crippen LogP) is 4.50. The summed E-state index contributed by atoms with van der Waals surface area (Å²) in [6, 6.07) is 7.58. The minimum Gasteiger partial charge on any atom is -0.310 e. The van der Waals surface area contributed by atoms with Crippen LogP contribution < -0.4 is 5.32 Å². The zero-order chi connectivity index (χ0) is 23.4. The summed E-state index contributed by atoms with van der Waals surface area (Å²) in [5.41, 5.74) is 2.41. The highest BCUT2D eigenvalue weighted by molar-refractivity contribution is 5.91. The minimum absolute atomic E-state index is 0.0336. The van der Waals surface area contributed by atoms with Gasteiger partial charge in [0.15, 0.2) is 0 Å². The number of anilines is 1. The molecule has 166 valence electrons. The topological polar surface area (TPSA) is 93.6 Å². The average molecular weight is 450 g/mol. The number of amides is 1. The number of alkyl halides is 3. The standard InChI is InChI=1S/C23H17F3N6O/c1-14-8-15(11-31-22(14)16-4-5-29-19(10-16)23(24,25)26)9-21(33)32-20-3-2-17(12-30-20)18-13-27-6-7-28-18/h2-8,10-13H,9H2,1H3,(H,30,32,33). The normalized spacial score (nSPS) is 11.3. The predicted molar refractivity (Wildman–Crippen MR) is 115 cm³/mol. The van der Waals surface area contributed by atoms with Gasteiger partial charge in [-0.2, -0.15) is 13.2 Å². The van der Waals surface area contributed by atoms with Crippen molar-refractivity contribution >= 4 is 11.7 Å². The second-order valence-electron chi connectivity index (χ2n) is 7.18. The van der Waals surface area contributed by atoms with Crippen molar-refractivity contribution < 1.29 is 18.0 Å². The lowest BCUT2D eigenvalue weighted by Crippen LogP contribution is -2.15. The van der Waals surface area contributed by atoms with Crippen molar-refractivity contribution in [2.75, 3.05) is 5.32 Å². The maximum atomic E-state index is 12.9. The molecule has 0 fully saturated rings. The number of nitrogens with zero attached hydrogens (tertiary/aromatic N) is 5. The van der Waals surface area contributed by atoms with Gasteiger partial charge in [-0.25, -0.2) is 4.98 Å². The Hall–Kier alpha value is -4.21. The third kappa shape index (κ3) is 5.35. The van der Waals surface area contributed by atoms with Gasteiger partial charge in [0.2, 0.25) is 5.91 Å². The monoisotopic (exact) mass is 450 g/mol. The average Bonchev–Trinajstić information content (AvgIpc) is 2.80. The number of nitrogens with one attached hydrogen (secondary N) is 1. The lowest BCUT2D eigenvalue weighted by Gasteiger charge is -2.11. The molecule has 1 N–H and O–H groups in total. The number of halogens is 3. The molecule has 0 aliphatic heterocycles. The van der Waals surface area contributed by atoms with Crippen LogP contribution >= 0.6 is 0 Å². The van der Waals surface area contributed by atoms with E-state index in [1.807, 2.05) is 0 Å². The highest BCUT2D eigenvalue weighted by Gasteiger charge is 2.32. The van der Waals surface area contributed by atoms with E-state index in [2.05, 4.69) is 30.2 Å². The Bertz CT molecular complexity index is 1280. The summed E-state index contributed by atoms with van der Waals surface area (Å²) in [6.07, 6.45) is 4.42. The number of carbonyl (C=O) groups is 1. The molecule has 1 amide bonds. The third-order valence-corrected chi connectivity index (χ3v) is 4.71. The molecule has 0 spiro atoms. The molecular weight excluding hydrogens is 433 g/mol. The Balaban J connectivity index is 1.43. The van der Waals surface area contributed by atoms with Crippen molar-refractivity contribution in [1.82, 2.24) is 24.9 Å². The number of carbonyl (C=O) groups excluding carboxylic acids is 1. The van der Waals surface area contributed by atoms with Gasteiger partial charge < -0.3 is 5.32 Å². The molecule has 4 heterocycles. The molecule has 33 heavy (non-hydrogen) atoms. The highest BCUT2D eigenvalue weighted by Crippen LogP contribution is 2.31. The van der Waals surface area contributed by atoms with E-state index < -0.39 is 11.9 Å². The van der Waals surface area contributed by atoms with Gasteiger partial charge in [-0.15, -0.1) is 0 Å². The van der Waals surface area contributed by atoms with Crippen molar-refractivity contribution in [1.29, 1.82) is 0 Å². The number of pyridine rings is 3. The first kappa shape index (κ1) is 22.0. The third-order valence-electron chi connectivity index (χ3n) is 4.71. The van der Waals surface area contributed by atoms with E-state index >= 15 is 0 Å². The molecular formula is C23H17F3N6O. The first-order valence-electron chi connectivity index (χ1n) is 9.81. The fraction of sp³-hybridized carbons (Fsp3) is 0.130. The Morgan fingerprint density at radius 2 is 1.76 bits per heavy atom. The van der Waals surface area contributed by atoms with E-state index in [1.54, 1.807) is 49.9 Å². The summed E-state index contributed by atoms with van der Waals surface area (Å²) in [7, 11) is 0. The largest absolute Gasteiger partial charge is 0.433 e. The van der Waals surface area contributed by atoms with Crippen LogP contribution in [0.4, 0.5) is 19.0 Å². The summed E-state index contributed by atoms with van der Waals surface area (Å²) in [5.74, 6) is 0.0809. The van der Waals surface area contributed by atoms with E-state index in [9.17, 15) is 18.0 Å². The smallest absolute Gasteiger partial charge is 0.310 e. The number of rotatable bonds is 5. The summed E-state index contributed by atoms with van der Waals surface area (Å²) in [4.78, 5) is 32.5. The van der Waals surface area contributed by atoms with E-state index in [0.29, 0.717) is 33.9 Å². The zero-order valence-corrected chi connectivity index (χ0v) is 17.3. The summed E-state index contributed by atoms with van der Waals surface area (Å²) in [6.45, 7) is 1.73. The van der Waals surface area contributed by atoms with Gasteiger partial charge in [0.05, 0.1) is 24.0 Å². The van der Waals surface area contributed by atoms with Crippen LogP contribution in [0, 0.1) is 6.92 Å². The lowest BCUT2D eigenvalue weighted by atomic mass is 10.0. The molecule has 4 aromatic rings. The fourth-order valence-corrected chi connectivity index (χ4v) is 3.20. The Labute approximate surface area is 186 Å². The molecule has 0 atom stereocenters. The van der Waals surface area contributed by atoms with Crippen LogP contribution in [0.25, 0.3) is 22.5 Å². The molecule has 0 radical (unpaired) electrons. The van der Waals surface area contributed by atoms with Crippen LogP contribution in [0.3, 0.4) is 0 Å². The van der Waals surface area contributed by atoms with Gasteiger partial charge in [-0.3, -0.25) is 24.7 Å². The second kappa shape index (κ2) is 9.11. The van der Waals surface area contributed by atoms with Gasteiger partial charge in [-0.05, 0) is 42.3 Å². The first-order chi connectivity index (χ1) is 15.8. The van der Waals surface area contributed by atoms with E-state index in [-0.39, 0.29) is 12.3 Å². The highest BCUT2D eigenvalue weighted by atomic mass is 19.4. The van der Waals surface area contributed by atoms with Crippen molar-refractivity contribution in [2.45, 2.75) is 19.5 Å². The van der Waals surface area contributed by atoms with E-state index in [4.69, 9.17) is 0 Å². The van der Waals surface area contributed by atoms with Crippen molar-refractivity contribution in [3.05, 3.63) is 84.3 Å². The number of hydrogen-bond donors (Lipinski definition) is 1. The van der Waals surface area contributed by atoms with Crippen LogP contribution in [-0.2, 0) is 17.4 Å². The van der Waals surface area contributed by atoms with Crippen LogP contribution in [0.15, 0.2) is 67.5 Å². The molecule has 10 heteroatoms. The quantitative estimate of drug-likeness (QED) is 0.481. The van der Waals surface area contributed by atoms with Crippen molar-refractivity contribution in [2.24, 2.45) is 0 Å². The maximum Gasteiger partial charge on any atom is 0.433 e. The molecule has 0 aromatic carbocycles. The van der Waals surface area contributed by atoms with Gasteiger partial charge in [0.1, 0.15) is 11.5 Å². The minimum atomic E-state index is -4.54. The SMILES string of the molecule is Cc1cc(CC(=O)Nc2ccc(-c3cnccn3)cn2)cnc1-c1ccnc(C(F)(F)F)c1. The molecule has 4 rings (SSSR count). The number of aryl methyl sites for hydroxylation is 1. The molecule has 0 saturated carbocycles. The molecule has 0 aliphatic rings. The molecule has 0 saturated heterocycles. The summed E-state index contributed by atoms with van der Waals surface area (Å²) < 4.78 is 38.8. The Kier molecular flexibility index (Phi) is 6.07. The van der Waals surface area contributed by atoms with Gasteiger partial charge in [-0.1, -0.05) is 6.07 Å². The number of hydrogen-bond acceptors (Lipinski definition) is 6. The van der Waals surface area contributed by atoms with Gasteiger partial charge in [0, 0.05) is 42.1 Å². The summed E-state index contributed by atoms with van der Waals surface area (Å²) >= 11 is 0. The molecule has 4 aromatic heterocycles. The van der Waals surface area contributed by atoms with Crippen LogP contribution in [0.5, 0.6) is 0 Å².